The van der Waals surface area contributed by atoms with Crippen LogP contribution in [0.2, 0.25) is 0 Å². The Hall–Kier alpha value is -1.09. The third kappa shape index (κ3) is 1.50. The first-order valence-electron chi connectivity index (χ1n) is 5.97. The van der Waals surface area contributed by atoms with E-state index in [1.165, 1.54) is 5.56 Å². The standard InChI is InChI=1S/C13H18N2O/c1-10(2)11-3-4-12(14-5-11)15-6-13(7-15)8-16-9-13/h3-5,10H,6-9H2,1-2H3. The van der Waals surface area contributed by atoms with E-state index < -0.39 is 0 Å². The first-order chi connectivity index (χ1) is 7.69. The molecule has 0 N–H and O–H groups in total. The van der Waals surface area contributed by atoms with E-state index in [4.69, 9.17) is 4.74 Å². The molecule has 1 aromatic rings. The van der Waals surface area contributed by atoms with Crippen molar-refractivity contribution in [2.45, 2.75) is 19.8 Å². The number of rotatable bonds is 2. The topological polar surface area (TPSA) is 25.4 Å². The predicted octanol–water partition coefficient (Wildman–Crippen LogP) is 2.04. The number of nitrogens with zero attached hydrogens (tertiary/aromatic N) is 2. The summed E-state index contributed by atoms with van der Waals surface area (Å²) in [5.41, 5.74) is 1.78. The second-order valence-corrected chi connectivity index (χ2v) is 5.45. The zero-order valence-corrected chi connectivity index (χ0v) is 9.94. The van der Waals surface area contributed by atoms with Crippen LogP contribution in [0.1, 0.15) is 25.3 Å². The van der Waals surface area contributed by atoms with Gasteiger partial charge in [0.1, 0.15) is 5.82 Å². The summed E-state index contributed by atoms with van der Waals surface area (Å²) in [6.07, 6.45) is 2.00. The number of pyridine rings is 1. The van der Waals surface area contributed by atoms with Crippen LogP contribution >= 0.6 is 0 Å². The molecule has 2 aliphatic rings. The van der Waals surface area contributed by atoms with E-state index in [0.29, 0.717) is 11.3 Å². The van der Waals surface area contributed by atoms with Gasteiger partial charge in [0.15, 0.2) is 0 Å². The van der Waals surface area contributed by atoms with Gasteiger partial charge in [-0.05, 0) is 17.5 Å². The van der Waals surface area contributed by atoms with Gasteiger partial charge in [-0.15, -0.1) is 0 Å². The van der Waals surface area contributed by atoms with Gasteiger partial charge >= 0.3 is 0 Å². The third-order valence-corrected chi connectivity index (χ3v) is 3.63. The molecule has 0 aromatic carbocycles. The highest BCUT2D eigenvalue weighted by molar-refractivity contribution is 5.44. The second kappa shape index (κ2) is 3.45. The normalized spacial score (nSPS) is 22.1. The number of hydrogen-bond donors (Lipinski definition) is 0. The van der Waals surface area contributed by atoms with Crippen LogP contribution < -0.4 is 4.90 Å². The van der Waals surface area contributed by atoms with Gasteiger partial charge in [0, 0.05) is 19.3 Å². The molecule has 0 radical (unpaired) electrons. The summed E-state index contributed by atoms with van der Waals surface area (Å²) in [4.78, 5) is 6.87. The molecule has 3 heterocycles. The molecule has 1 spiro atoms. The number of ether oxygens (including phenoxy) is 1. The average molecular weight is 218 g/mol. The van der Waals surface area contributed by atoms with Crippen LogP contribution in [0.15, 0.2) is 18.3 Å². The molecule has 3 rings (SSSR count). The van der Waals surface area contributed by atoms with Crippen molar-refractivity contribution in [3.05, 3.63) is 23.9 Å². The minimum absolute atomic E-state index is 0.471. The molecule has 0 unspecified atom stereocenters. The Bertz CT molecular complexity index is 373. The maximum absolute atomic E-state index is 5.27. The van der Waals surface area contributed by atoms with Crippen molar-refractivity contribution in [2.75, 3.05) is 31.2 Å². The van der Waals surface area contributed by atoms with Crippen LogP contribution in [-0.2, 0) is 4.74 Å². The average Bonchev–Trinajstić information content (AvgIpc) is 2.14. The van der Waals surface area contributed by atoms with E-state index >= 15 is 0 Å². The fourth-order valence-corrected chi connectivity index (χ4v) is 2.42. The van der Waals surface area contributed by atoms with Gasteiger partial charge in [-0.1, -0.05) is 19.9 Å². The molecule has 86 valence electrons. The quantitative estimate of drug-likeness (QED) is 0.759. The van der Waals surface area contributed by atoms with Crippen LogP contribution in [0.25, 0.3) is 0 Å². The summed E-state index contributed by atoms with van der Waals surface area (Å²) in [5, 5.41) is 0. The molecular formula is C13H18N2O. The molecule has 2 aliphatic heterocycles. The van der Waals surface area contributed by atoms with Gasteiger partial charge in [-0.3, -0.25) is 0 Å². The summed E-state index contributed by atoms with van der Waals surface area (Å²) in [6.45, 7) is 8.49. The van der Waals surface area contributed by atoms with E-state index in [1.807, 2.05) is 6.20 Å². The summed E-state index contributed by atoms with van der Waals surface area (Å²) < 4.78 is 5.27. The Balaban J connectivity index is 1.67. The lowest BCUT2D eigenvalue weighted by molar-refractivity contribution is -0.127. The molecule has 3 heteroatoms. The van der Waals surface area contributed by atoms with Crippen molar-refractivity contribution < 1.29 is 4.74 Å². The van der Waals surface area contributed by atoms with Crippen molar-refractivity contribution in [1.82, 2.24) is 4.98 Å². The van der Waals surface area contributed by atoms with Crippen LogP contribution in [-0.4, -0.2) is 31.3 Å². The third-order valence-electron chi connectivity index (χ3n) is 3.63. The number of hydrogen-bond acceptors (Lipinski definition) is 3. The second-order valence-electron chi connectivity index (χ2n) is 5.45. The van der Waals surface area contributed by atoms with E-state index in [1.54, 1.807) is 0 Å². The zero-order chi connectivity index (χ0) is 11.2. The lowest BCUT2D eigenvalue weighted by atomic mass is 9.78. The molecule has 0 saturated carbocycles. The summed E-state index contributed by atoms with van der Waals surface area (Å²) in [7, 11) is 0. The molecule has 0 atom stereocenters. The van der Waals surface area contributed by atoms with Crippen LogP contribution in [0.4, 0.5) is 5.82 Å². The monoisotopic (exact) mass is 218 g/mol. The van der Waals surface area contributed by atoms with Gasteiger partial charge in [0.2, 0.25) is 0 Å². The Labute approximate surface area is 96.4 Å². The lowest BCUT2D eigenvalue weighted by Crippen LogP contribution is -2.66. The molecule has 0 aliphatic carbocycles. The summed E-state index contributed by atoms with van der Waals surface area (Å²) in [6, 6.07) is 4.33. The SMILES string of the molecule is CC(C)c1ccc(N2CC3(COC3)C2)nc1. The maximum atomic E-state index is 5.27. The van der Waals surface area contributed by atoms with E-state index in [2.05, 4.69) is 35.9 Å². The maximum Gasteiger partial charge on any atom is 0.128 e. The minimum Gasteiger partial charge on any atom is -0.380 e. The fraction of sp³-hybridized carbons (Fsp3) is 0.615. The zero-order valence-electron chi connectivity index (χ0n) is 9.94. The van der Waals surface area contributed by atoms with Gasteiger partial charge in [0.05, 0.1) is 18.6 Å². The van der Waals surface area contributed by atoms with Crippen molar-refractivity contribution in [2.24, 2.45) is 5.41 Å². The highest BCUT2D eigenvalue weighted by Crippen LogP contribution is 2.39. The first kappa shape index (κ1) is 10.1. The molecule has 1 aromatic heterocycles. The Morgan fingerprint density at radius 1 is 1.31 bits per heavy atom. The lowest BCUT2D eigenvalue weighted by Gasteiger charge is -2.55. The van der Waals surface area contributed by atoms with Crippen molar-refractivity contribution in [3.63, 3.8) is 0 Å². The molecule has 16 heavy (non-hydrogen) atoms. The van der Waals surface area contributed by atoms with Crippen LogP contribution in [0, 0.1) is 5.41 Å². The fourth-order valence-electron chi connectivity index (χ4n) is 2.42. The number of anilines is 1. The van der Waals surface area contributed by atoms with Crippen molar-refractivity contribution >= 4 is 5.82 Å². The smallest absolute Gasteiger partial charge is 0.128 e. The Morgan fingerprint density at radius 2 is 2.06 bits per heavy atom. The number of aromatic nitrogens is 1. The predicted molar refractivity (Wildman–Crippen MR) is 63.8 cm³/mol. The molecule has 2 saturated heterocycles. The summed E-state index contributed by atoms with van der Waals surface area (Å²) >= 11 is 0. The van der Waals surface area contributed by atoms with Gasteiger partial charge in [0.25, 0.3) is 0 Å². The van der Waals surface area contributed by atoms with Crippen LogP contribution in [0.3, 0.4) is 0 Å². The van der Waals surface area contributed by atoms with Gasteiger partial charge in [-0.2, -0.15) is 0 Å². The minimum atomic E-state index is 0.471. The molecule has 0 bridgehead atoms. The molecule has 0 amide bonds. The van der Waals surface area contributed by atoms with Crippen molar-refractivity contribution in [1.29, 1.82) is 0 Å². The van der Waals surface area contributed by atoms with E-state index in [9.17, 15) is 0 Å². The first-order valence-corrected chi connectivity index (χ1v) is 5.97. The molecule has 2 fully saturated rings. The van der Waals surface area contributed by atoms with Gasteiger partial charge in [-0.25, -0.2) is 4.98 Å². The van der Waals surface area contributed by atoms with E-state index in [0.717, 1.165) is 32.1 Å². The highest BCUT2D eigenvalue weighted by atomic mass is 16.5. The summed E-state index contributed by atoms with van der Waals surface area (Å²) in [5.74, 6) is 1.67. The Morgan fingerprint density at radius 3 is 2.50 bits per heavy atom. The highest BCUT2D eigenvalue weighted by Gasteiger charge is 2.49. The largest absolute Gasteiger partial charge is 0.380 e. The van der Waals surface area contributed by atoms with E-state index in [-0.39, 0.29) is 0 Å². The van der Waals surface area contributed by atoms with Gasteiger partial charge < -0.3 is 9.64 Å². The molecule has 3 nitrogen and oxygen atoms in total. The Kier molecular flexibility index (Phi) is 2.18. The molecular weight excluding hydrogens is 200 g/mol. The van der Waals surface area contributed by atoms with Crippen molar-refractivity contribution in [3.8, 4) is 0 Å². The van der Waals surface area contributed by atoms with Crippen LogP contribution in [0.5, 0.6) is 0 Å².